The lowest BCUT2D eigenvalue weighted by molar-refractivity contribution is -0.384. The summed E-state index contributed by atoms with van der Waals surface area (Å²) in [5.74, 6) is -0.0122. The van der Waals surface area contributed by atoms with Crippen LogP contribution in [0.2, 0.25) is 0 Å². The summed E-state index contributed by atoms with van der Waals surface area (Å²) in [6, 6.07) is 5.23. The van der Waals surface area contributed by atoms with Crippen molar-refractivity contribution in [3.05, 3.63) is 51.1 Å². The van der Waals surface area contributed by atoms with Crippen molar-refractivity contribution in [2.75, 3.05) is 27.6 Å². The van der Waals surface area contributed by atoms with E-state index in [2.05, 4.69) is 15.7 Å². The van der Waals surface area contributed by atoms with Gasteiger partial charge in [0.25, 0.3) is 11.6 Å². The number of nitrogens with zero attached hydrogens (tertiary/aromatic N) is 3. The van der Waals surface area contributed by atoms with Crippen LogP contribution in [0.4, 0.5) is 5.69 Å². The van der Waals surface area contributed by atoms with E-state index in [0.29, 0.717) is 22.6 Å². The molecule has 0 bridgehead atoms. The van der Waals surface area contributed by atoms with E-state index >= 15 is 0 Å². The number of oxime groups is 1. The van der Waals surface area contributed by atoms with Crippen LogP contribution in [0.3, 0.4) is 0 Å². The maximum atomic E-state index is 12.6. The number of nitro groups is 1. The van der Waals surface area contributed by atoms with Gasteiger partial charge in [0.1, 0.15) is 6.10 Å². The molecule has 1 N–H and O–H groups in total. The minimum Gasteiger partial charge on any atom is -0.492 e. The van der Waals surface area contributed by atoms with E-state index in [4.69, 9.17) is 28.5 Å². The van der Waals surface area contributed by atoms with Crippen molar-refractivity contribution in [1.82, 2.24) is 5.43 Å². The highest BCUT2D eigenvalue weighted by molar-refractivity contribution is 6.36. The Bertz CT molecular complexity index is 1320. The van der Waals surface area contributed by atoms with Gasteiger partial charge in [0.05, 0.1) is 32.0 Å². The third-order valence-electron chi connectivity index (χ3n) is 5.63. The van der Waals surface area contributed by atoms with Crippen LogP contribution in [0.5, 0.6) is 23.0 Å². The zero-order chi connectivity index (χ0) is 27.2. The largest absolute Gasteiger partial charge is 0.492 e. The topological polar surface area (TPSA) is 169 Å². The molecule has 0 unspecified atom stereocenters. The van der Waals surface area contributed by atoms with Crippen LogP contribution in [-0.2, 0) is 20.8 Å². The van der Waals surface area contributed by atoms with Gasteiger partial charge < -0.3 is 28.5 Å². The second-order valence-corrected chi connectivity index (χ2v) is 7.92. The standard InChI is InChI=1S/C24H24N4O10/c1-4-35-24(30)18-10-15(38-27-18)9-16-17(20(34-3)22-21(19(16)33-2)36-12-37-22)11-25-26-23(29)13-6-5-7-14(8-13)28(31)32/h5-8,11,15H,4,9-10,12H2,1-3H3,(H,26,29)/b25-11+/t15-/m1/s1. The average Bonchev–Trinajstić information content (AvgIpc) is 3.59. The first-order valence-corrected chi connectivity index (χ1v) is 11.4. The Kier molecular flexibility index (Phi) is 7.89. The van der Waals surface area contributed by atoms with Crippen molar-refractivity contribution < 1.29 is 43.0 Å². The highest BCUT2D eigenvalue weighted by Crippen LogP contribution is 2.52. The lowest BCUT2D eigenvalue weighted by atomic mass is 9.96. The zero-order valence-electron chi connectivity index (χ0n) is 20.7. The number of carbonyl (C=O) groups excluding carboxylic acids is 2. The van der Waals surface area contributed by atoms with Gasteiger partial charge in [0.2, 0.25) is 18.3 Å². The molecule has 14 heteroatoms. The molecule has 2 aromatic rings. The van der Waals surface area contributed by atoms with E-state index in [9.17, 15) is 19.7 Å². The Morgan fingerprint density at radius 2 is 1.97 bits per heavy atom. The molecule has 2 heterocycles. The van der Waals surface area contributed by atoms with E-state index in [1.54, 1.807) is 6.92 Å². The number of non-ortho nitro benzene ring substituents is 1. The van der Waals surface area contributed by atoms with E-state index < -0.39 is 22.9 Å². The molecule has 38 heavy (non-hydrogen) atoms. The number of hydrogen-bond donors (Lipinski definition) is 1. The number of ether oxygens (including phenoxy) is 5. The van der Waals surface area contributed by atoms with E-state index in [-0.39, 0.29) is 54.7 Å². The highest BCUT2D eigenvalue weighted by atomic mass is 16.7. The van der Waals surface area contributed by atoms with Gasteiger partial charge in [-0.05, 0) is 13.0 Å². The fraction of sp³-hybridized carbons (Fsp3) is 0.333. The second kappa shape index (κ2) is 11.5. The highest BCUT2D eigenvalue weighted by Gasteiger charge is 2.34. The smallest absolute Gasteiger partial charge is 0.356 e. The molecular formula is C24H24N4O10. The summed E-state index contributed by atoms with van der Waals surface area (Å²) in [6.45, 7) is 1.83. The molecule has 0 fully saturated rings. The fourth-order valence-corrected chi connectivity index (χ4v) is 3.97. The van der Waals surface area contributed by atoms with Crippen molar-refractivity contribution in [3.63, 3.8) is 0 Å². The number of benzene rings is 2. The van der Waals surface area contributed by atoms with Gasteiger partial charge in [-0.25, -0.2) is 10.2 Å². The Hall–Kier alpha value is -4.88. The molecule has 0 radical (unpaired) electrons. The Labute approximate surface area is 216 Å². The number of methoxy groups -OCH3 is 2. The van der Waals surface area contributed by atoms with Gasteiger partial charge in [-0.1, -0.05) is 11.2 Å². The number of nitro benzene ring substituents is 1. The first kappa shape index (κ1) is 26.2. The third-order valence-corrected chi connectivity index (χ3v) is 5.63. The van der Waals surface area contributed by atoms with Crippen LogP contribution >= 0.6 is 0 Å². The zero-order valence-corrected chi connectivity index (χ0v) is 20.7. The number of fused-ring (bicyclic) bond motifs is 1. The SMILES string of the molecule is CCOC(=O)C1=NO[C@H](Cc2c(/C=N/NC(=O)c3cccc([N+](=O)[O-])c3)c(OC)c3c(c2OC)OCO3)C1. The molecule has 2 aromatic carbocycles. The minimum atomic E-state index is -0.662. The minimum absolute atomic E-state index is 0.0507. The predicted octanol–water partition coefficient (Wildman–Crippen LogP) is 2.36. The monoisotopic (exact) mass is 528 g/mol. The lowest BCUT2D eigenvalue weighted by Crippen LogP contribution is -2.20. The molecule has 2 aliphatic rings. The molecule has 0 spiro atoms. The Morgan fingerprint density at radius 3 is 2.66 bits per heavy atom. The quantitative estimate of drug-likeness (QED) is 0.209. The summed E-state index contributed by atoms with van der Waals surface area (Å²) in [7, 11) is 2.88. The van der Waals surface area contributed by atoms with Crippen molar-refractivity contribution in [2.45, 2.75) is 25.9 Å². The molecule has 14 nitrogen and oxygen atoms in total. The fourth-order valence-electron chi connectivity index (χ4n) is 3.97. The summed E-state index contributed by atoms with van der Waals surface area (Å²) in [5.41, 5.74) is 3.25. The maximum absolute atomic E-state index is 12.6. The third kappa shape index (κ3) is 5.28. The number of hydrazone groups is 1. The van der Waals surface area contributed by atoms with Crippen LogP contribution in [-0.4, -0.2) is 62.4 Å². The van der Waals surface area contributed by atoms with Crippen LogP contribution in [0.15, 0.2) is 34.5 Å². The molecule has 0 aliphatic carbocycles. The number of esters is 1. The molecular weight excluding hydrogens is 504 g/mol. The first-order chi connectivity index (χ1) is 18.4. The van der Waals surface area contributed by atoms with Gasteiger partial charge in [-0.3, -0.25) is 14.9 Å². The molecule has 0 saturated carbocycles. The number of hydrogen-bond acceptors (Lipinski definition) is 12. The number of nitrogens with one attached hydrogen (secondary N) is 1. The van der Waals surface area contributed by atoms with Crippen molar-refractivity contribution in [2.24, 2.45) is 10.3 Å². The molecule has 200 valence electrons. The summed E-state index contributed by atoms with van der Waals surface area (Å²) < 4.78 is 27.4. The number of carbonyl (C=O) groups is 2. The molecule has 4 rings (SSSR count). The second-order valence-electron chi connectivity index (χ2n) is 7.92. The van der Waals surface area contributed by atoms with E-state index in [1.807, 2.05) is 0 Å². The molecule has 0 aromatic heterocycles. The van der Waals surface area contributed by atoms with Crippen LogP contribution in [0, 0.1) is 10.1 Å². The Balaban J connectivity index is 1.64. The first-order valence-electron chi connectivity index (χ1n) is 11.4. The molecule has 2 aliphatic heterocycles. The van der Waals surface area contributed by atoms with Crippen LogP contribution in [0.1, 0.15) is 34.8 Å². The number of amides is 1. The predicted molar refractivity (Wildman–Crippen MR) is 131 cm³/mol. The van der Waals surface area contributed by atoms with Gasteiger partial charge in [0, 0.05) is 41.7 Å². The lowest BCUT2D eigenvalue weighted by Gasteiger charge is -2.19. The van der Waals surface area contributed by atoms with Gasteiger partial charge in [-0.2, -0.15) is 5.10 Å². The molecule has 1 atom stereocenters. The normalized spacial score (nSPS) is 15.6. The van der Waals surface area contributed by atoms with E-state index in [1.165, 1.54) is 38.6 Å². The summed E-state index contributed by atoms with van der Waals surface area (Å²) >= 11 is 0. The van der Waals surface area contributed by atoms with Gasteiger partial charge >= 0.3 is 5.97 Å². The van der Waals surface area contributed by atoms with Crippen LogP contribution in [0.25, 0.3) is 0 Å². The molecule has 1 amide bonds. The maximum Gasteiger partial charge on any atom is 0.356 e. The molecule has 0 saturated heterocycles. The number of rotatable bonds is 10. The summed E-state index contributed by atoms with van der Waals surface area (Å²) in [5, 5.41) is 18.9. The summed E-state index contributed by atoms with van der Waals surface area (Å²) in [4.78, 5) is 40.5. The van der Waals surface area contributed by atoms with Crippen molar-refractivity contribution in [3.8, 4) is 23.0 Å². The Morgan fingerprint density at radius 1 is 1.24 bits per heavy atom. The van der Waals surface area contributed by atoms with Gasteiger partial charge in [-0.15, -0.1) is 0 Å². The average molecular weight is 528 g/mol. The summed E-state index contributed by atoms with van der Waals surface area (Å²) in [6.07, 6.45) is 1.18. The van der Waals surface area contributed by atoms with Crippen LogP contribution < -0.4 is 24.4 Å². The van der Waals surface area contributed by atoms with E-state index in [0.717, 1.165) is 6.07 Å². The van der Waals surface area contributed by atoms with Crippen molar-refractivity contribution >= 4 is 29.5 Å². The van der Waals surface area contributed by atoms with Gasteiger partial charge in [0.15, 0.2) is 17.2 Å². The van der Waals surface area contributed by atoms with Crippen molar-refractivity contribution in [1.29, 1.82) is 0 Å².